The maximum atomic E-state index is 2.51. The summed E-state index contributed by atoms with van der Waals surface area (Å²) in [7, 11) is 0. The zero-order valence-corrected chi connectivity index (χ0v) is 77.3. The average Bonchev–Trinajstić information content (AvgIpc) is 1.56. The molecular formula is C136H86N6. The zero-order chi connectivity index (χ0) is 93.1. The second-order valence-electron chi connectivity index (χ2n) is 37.5. The van der Waals surface area contributed by atoms with Gasteiger partial charge in [0.1, 0.15) is 0 Å². The van der Waals surface area contributed by atoms with Crippen molar-refractivity contribution < 1.29 is 0 Å². The Morgan fingerprint density at radius 2 is 0.331 bits per heavy atom. The van der Waals surface area contributed by atoms with Crippen molar-refractivity contribution in [2.24, 2.45) is 0 Å². The Kier molecular flexibility index (Phi) is 18.3. The number of benzene rings is 25. The third kappa shape index (κ3) is 12.4. The molecule has 660 valence electrons. The molecule has 0 N–H and O–H groups in total. The molecule has 0 aliphatic carbocycles. The SMILES string of the molecule is c1ccc(-n2c3ccccc3c3c(-c4cccc5c4c4ccccc4n5-c4cccc5ccccc45)cccc32)cc1.c1ccc2c(-n3c4ccccc4c4c(-c5cccc6c5c5ccccc5n6-c5cccc6ccccc56)cccc43)cccc2c1.c1ccc2c(-n3c4ccccc4c4ccc(-c5ccc6c7ccccc7n(-c7c8ccccc8cc8ccccc78)c6c5)cc43)c3ccccc3cc2c1. The van der Waals surface area contributed by atoms with Crippen molar-refractivity contribution in [1.29, 1.82) is 0 Å². The largest absolute Gasteiger partial charge is 0.309 e. The minimum Gasteiger partial charge on any atom is -0.309 e. The Hall–Kier alpha value is -18.9. The topological polar surface area (TPSA) is 29.6 Å². The fourth-order valence-electron chi connectivity index (χ4n) is 24.1. The van der Waals surface area contributed by atoms with Crippen LogP contribution in [0.3, 0.4) is 0 Å². The molecule has 0 fully saturated rings. The highest BCUT2D eigenvalue weighted by Gasteiger charge is 2.28. The van der Waals surface area contributed by atoms with Crippen LogP contribution in [0.15, 0.2) is 522 Å². The molecule has 0 aliphatic rings. The van der Waals surface area contributed by atoms with Crippen molar-refractivity contribution in [3.63, 3.8) is 0 Å². The molecule has 0 spiro atoms. The fourth-order valence-corrected chi connectivity index (χ4v) is 24.1. The Labute approximate surface area is 817 Å². The summed E-state index contributed by atoms with van der Waals surface area (Å²) in [4.78, 5) is 0. The molecule has 0 saturated heterocycles. The van der Waals surface area contributed by atoms with Gasteiger partial charge in [-0.1, -0.05) is 406 Å². The van der Waals surface area contributed by atoms with Crippen LogP contribution < -0.4 is 0 Å². The Morgan fingerprint density at radius 1 is 0.113 bits per heavy atom. The van der Waals surface area contributed by atoms with Gasteiger partial charge in [0.2, 0.25) is 0 Å². The smallest absolute Gasteiger partial charge is 0.0618 e. The van der Waals surface area contributed by atoms with Gasteiger partial charge in [-0.15, -0.1) is 0 Å². The molecule has 0 unspecified atom stereocenters. The van der Waals surface area contributed by atoms with Gasteiger partial charge in [0.25, 0.3) is 0 Å². The minimum absolute atomic E-state index is 1.17. The predicted molar refractivity (Wildman–Crippen MR) is 604 cm³/mol. The first-order valence-corrected chi connectivity index (χ1v) is 49.0. The summed E-state index contributed by atoms with van der Waals surface area (Å²) in [6.45, 7) is 0. The number of para-hydroxylation sites is 7. The molecule has 6 heteroatoms. The number of nitrogens with zero attached hydrogens (tertiary/aromatic N) is 6. The Bertz CT molecular complexity index is 10100. The highest BCUT2D eigenvalue weighted by atomic mass is 15.0. The summed E-state index contributed by atoms with van der Waals surface area (Å²) in [5.74, 6) is 0. The number of hydrogen-bond donors (Lipinski definition) is 0. The fraction of sp³-hybridized carbons (Fsp3) is 0. The summed E-state index contributed by atoms with van der Waals surface area (Å²) in [6, 6.07) is 191. The molecule has 31 aromatic rings. The van der Waals surface area contributed by atoms with Crippen LogP contribution in [0.4, 0.5) is 0 Å². The lowest BCUT2D eigenvalue weighted by Crippen LogP contribution is -1.98. The van der Waals surface area contributed by atoms with Crippen molar-refractivity contribution in [1.82, 2.24) is 27.4 Å². The van der Waals surface area contributed by atoms with Crippen molar-refractivity contribution in [3.05, 3.63) is 522 Å². The third-order valence-electron chi connectivity index (χ3n) is 30.0. The van der Waals surface area contributed by atoms with Crippen LogP contribution >= 0.6 is 0 Å². The summed E-state index contributed by atoms with van der Waals surface area (Å²) in [5.41, 5.74) is 29.2. The van der Waals surface area contributed by atoms with E-state index in [1.165, 1.54) is 274 Å². The summed E-state index contributed by atoms with van der Waals surface area (Å²) < 4.78 is 14.8. The highest BCUT2D eigenvalue weighted by molar-refractivity contribution is 6.27. The van der Waals surface area contributed by atoms with E-state index >= 15 is 0 Å². The molecule has 0 amide bonds. The highest BCUT2D eigenvalue weighted by Crippen LogP contribution is 2.51. The number of fused-ring (bicyclic) bond motifs is 25. The average molecular weight is 1800 g/mol. The van der Waals surface area contributed by atoms with Crippen molar-refractivity contribution in [3.8, 4) is 67.5 Å². The van der Waals surface area contributed by atoms with Gasteiger partial charge in [-0.3, -0.25) is 0 Å². The molecular weight excluding hydrogens is 1720 g/mol. The molecule has 6 heterocycles. The lowest BCUT2D eigenvalue weighted by Gasteiger charge is -2.16. The van der Waals surface area contributed by atoms with Crippen molar-refractivity contribution in [2.45, 2.75) is 0 Å². The van der Waals surface area contributed by atoms with E-state index in [0.29, 0.717) is 0 Å². The summed E-state index contributed by atoms with van der Waals surface area (Å²) in [6.07, 6.45) is 0. The standard InChI is InChI=1S/C52H32N2.C44H28N2.C40H26N2/c1-5-17-39-35(13-1)29-36-14-2-6-18-40(36)51(39)53-47-23-11-9-21-43(47)45-27-25-33(31-49(45)53)34-26-28-46-44-22-10-12-24-48(44)54(50(46)32-34)52-41-19-7-3-15-37(41)30-38-16-4-8-20-42(38)52;1-3-17-31-29(13-1)15-9-25-37(31)45-39-23-7-5-19-35(39)43-33(21-11-27-41(43)45)34-22-12-28-42-44(34)36-20-6-8-24-40(36)46(42)38-26-10-16-30-14-2-4-18-32(30)38;1-2-15-28(16-3-1)41-35-22-8-6-18-32(35)39-30(20-11-25-37(39)41)31-21-12-26-38-40(31)33-19-7-9-23-36(33)42(38)34-24-10-14-27-13-4-5-17-29(27)34/h1-32H;1-28H;1-26H. The Balaban J connectivity index is 0.000000103. The van der Waals surface area contributed by atoms with Gasteiger partial charge in [0.05, 0.1) is 94.6 Å². The quantitative estimate of drug-likeness (QED) is 0.129. The van der Waals surface area contributed by atoms with Crippen molar-refractivity contribution in [2.75, 3.05) is 0 Å². The van der Waals surface area contributed by atoms with Crippen LogP contribution in [0.2, 0.25) is 0 Å². The van der Waals surface area contributed by atoms with Crippen LogP contribution in [0.25, 0.3) is 274 Å². The maximum Gasteiger partial charge on any atom is 0.0618 e. The lowest BCUT2D eigenvalue weighted by atomic mass is 9.95. The monoisotopic (exact) mass is 1800 g/mol. The van der Waals surface area contributed by atoms with Crippen LogP contribution in [0, 0.1) is 0 Å². The number of rotatable bonds is 9. The van der Waals surface area contributed by atoms with Gasteiger partial charge in [-0.2, -0.15) is 0 Å². The van der Waals surface area contributed by atoms with Gasteiger partial charge < -0.3 is 27.4 Å². The molecule has 0 radical (unpaired) electrons. The second-order valence-corrected chi connectivity index (χ2v) is 37.5. The molecule has 0 saturated carbocycles. The van der Waals surface area contributed by atoms with Gasteiger partial charge in [0, 0.05) is 108 Å². The summed E-state index contributed by atoms with van der Waals surface area (Å²) >= 11 is 0. The summed E-state index contributed by atoms with van der Waals surface area (Å²) in [5, 5.41) is 32.6. The van der Waals surface area contributed by atoms with Gasteiger partial charge >= 0.3 is 0 Å². The molecule has 0 aliphatic heterocycles. The van der Waals surface area contributed by atoms with E-state index in [1.54, 1.807) is 0 Å². The molecule has 6 nitrogen and oxygen atoms in total. The molecule has 25 aromatic carbocycles. The zero-order valence-electron chi connectivity index (χ0n) is 77.3. The first kappa shape index (κ1) is 80.4. The van der Waals surface area contributed by atoms with Crippen LogP contribution in [0.1, 0.15) is 0 Å². The first-order valence-electron chi connectivity index (χ1n) is 49.0. The number of aromatic nitrogens is 6. The predicted octanol–water partition coefficient (Wildman–Crippen LogP) is 36.7. The molecule has 142 heavy (non-hydrogen) atoms. The number of hydrogen-bond acceptors (Lipinski definition) is 0. The van der Waals surface area contributed by atoms with E-state index in [9.17, 15) is 0 Å². The molecule has 0 bridgehead atoms. The van der Waals surface area contributed by atoms with E-state index < -0.39 is 0 Å². The van der Waals surface area contributed by atoms with Gasteiger partial charge in [0.15, 0.2) is 0 Å². The van der Waals surface area contributed by atoms with Crippen LogP contribution in [0.5, 0.6) is 0 Å². The Morgan fingerprint density at radius 3 is 0.648 bits per heavy atom. The van der Waals surface area contributed by atoms with Crippen LogP contribution in [-0.2, 0) is 0 Å². The molecule has 0 atom stereocenters. The second kappa shape index (κ2) is 32.4. The van der Waals surface area contributed by atoms with E-state index in [1.807, 2.05) is 0 Å². The van der Waals surface area contributed by atoms with E-state index in [0.717, 1.165) is 0 Å². The molecule has 6 aromatic heterocycles. The normalized spacial score (nSPS) is 11.9. The van der Waals surface area contributed by atoms with Gasteiger partial charge in [-0.25, -0.2) is 0 Å². The van der Waals surface area contributed by atoms with Gasteiger partial charge in [-0.05, 0) is 186 Å². The van der Waals surface area contributed by atoms with Crippen molar-refractivity contribution >= 4 is 206 Å². The third-order valence-corrected chi connectivity index (χ3v) is 30.0. The lowest BCUT2D eigenvalue weighted by molar-refractivity contribution is 1.18. The van der Waals surface area contributed by atoms with E-state index in [-0.39, 0.29) is 0 Å². The van der Waals surface area contributed by atoms with Crippen LogP contribution in [-0.4, -0.2) is 27.4 Å². The first-order chi connectivity index (χ1) is 70.5. The molecule has 31 rings (SSSR count). The van der Waals surface area contributed by atoms with E-state index in [4.69, 9.17) is 0 Å². The van der Waals surface area contributed by atoms with E-state index in [2.05, 4.69) is 549 Å². The maximum absolute atomic E-state index is 2.51. The minimum atomic E-state index is 1.17.